The van der Waals surface area contributed by atoms with E-state index < -0.39 is 9.84 Å². The van der Waals surface area contributed by atoms with Gasteiger partial charge in [-0.05, 0) is 48.5 Å². The molecule has 0 aromatic heterocycles. The molecule has 0 radical (unpaired) electrons. The van der Waals surface area contributed by atoms with Crippen LogP contribution in [0.1, 0.15) is 6.42 Å². The average Bonchev–Trinajstić information content (AvgIpc) is 2.72. The zero-order chi connectivity index (χ0) is 20.1. The van der Waals surface area contributed by atoms with Gasteiger partial charge in [0.05, 0.1) is 17.8 Å². The summed E-state index contributed by atoms with van der Waals surface area (Å²) in [6.07, 6.45) is -0.0203. The number of hydrogen-bond acceptors (Lipinski definition) is 5. The minimum Gasteiger partial charge on any atom is -0.497 e. The number of rotatable bonds is 6. The van der Waals surface area contributed by atoms with Crippen molar-refractivity contribution in [3.8, 4) is 5.75 Å². The van der Waals surface area contributed by atoms with Crippen LogP contribution in [-0.4, -0.2) is 58.3 Å². The van der Waals surface area contributed by atoms with E-state index >= 15 is 0 Å². The molecule has 1 fully saturated rings. The minimum atomic E-state index is -3.50. The Kier molecular flexibility index (Phi) is 6.46. The maximum absolute atomic E-state index is 12.5. The minimum absolute atomic E-state index is 0.0203. The number of methoxy groups -OCH3 is 1. The van der Waals surface area contributed by atoms with Crippen LogP contribution in [0.2, 0.25) is 5.02 Å². The lowest BCUT2D eigenvalue weighted by atomic mass is 10.2. The fraction of sp³-hybridized carbons (Fsp3) is 0.350. The van der Waals surface area contributed by atoms with Gasteiger partial charge in [0.15, 0.2) is 9.84 Å². The van der Waals surface area contributed by atoms with E-state index in [0.717, 1.165) is 11.4 Å². The number of carbonyl (C=O) groups excluding carboxylic acids is 1. The normalized spacial score (nSPS) is 14.8. The van der Waals surface area contributed by atoms with Crippen LogP contribution in [0.5, 0.6) is 5.75 Å². The number of piperazine rings is 1. The molecule has 0 spiro atoms. The third kappa shape index (κ3) is 4.97. The Morgan fingerprint density at radius 3 is 2.18 bits per heavy atom. The summed E-state index contributed by atoms with van der Waals surface area (Å²) in [6.45, 7) is 2.57. The Bertz CT molecular complexity index is 906. The predicted octanol–water partition coefficient (Wildman–Crippen LogP) is 2.86. The molecule has 0 unspecified atom stereocenters. The second-order valence-corrected chi connectivity index (χ2v) is 9.13. The van der Waals surface area contributed by atoms with E-state index in [1.54, 1.807) is 12.0 Å². The molecule has 1 saturated heterocycles. The number of carbonyl (C=O) groups is 1. The van der Waals surface area contributed by atoms with Crippen molar-refractivity contribution in [3.05, 3.63) is 53.6 Å². The number of halogens is 1. The van der Waals surface area contributed by atoms with Crippen LogP contribution in [0, 0.1) is 0 Å². The van der Waals surface area contributed by atoms with Crippen LogP contribution in [0.25, 0.3) is 0 Å². The van der Waals surface area contributed by atoms with Crippen LogP contribution in [-0.2, 0) is 14.6 Å². The monoisotopic (exact) mass is 422 g/mol. The van der Waals surface area contributed by atoms with Gasteiger partial charge in [-0.25, -0.2) is 8.42 Å². The first kappa shape index (κ1) is 20.5. The van der Waals surface area contributed by atoms with Crippen molar-refractivity contribution in [2.24, 2.45) is 0 Å². The van der Waals surface area contributed by atoms with Crippen molar-refractivity contribution in [3.63, 3.8) is 0 Å². The second-order valence-electron chi connectivity index (χ2n) is 6.59. The number of ether oxygens (including phenoxy) is 1. The highest BCUT2D eigenvalue weighted by atomic mass is 35.5. The molecule has 0 aliphatic carbocycles. The second kappa shape index (κ2) is 8.84. The average molecular weight is 423 g/mol. The van der Waals surface area contributed by atoms with Crippen LogP contribution in [0.4, 0.5) is 5.69 Å². The fourth-order valence-corrected chi connectivity index (χ4v) is 4.50. The van der Waals surface area contributed by atoms with Crippen LogP contribution in [0.15, 0.2) is 53.4 Å². The highest BCUT2D eigenvalue weighted by molar-refractivity contribution is 7.91. The largest absolute Gasteiger partial charge is 0.497 e. The summed E-state index contributed by atoms with van der Waals surface area (Å²) < 4.78 is 29.9. The van der Waals surface area contributed by atoms with Gasteiger partial charge >= 0.3 is 0 Å². The molecule has 6 nitrogen and oxygen atoms in total. The first-order valence-corrected chi connectivity index (χ1v) is 11.1. The maximum Gasteiger partial charge on any atom is 0.223 e. The van der Waals surface area contributed by atoms with Gasteiger partial charge < -0.3 is 14.5 Å². The molecule has 3 rings (SSSR count). The summed E-state index contributed by atoms with van der Waals surface area (Å²) in [6, 6.07) is 13.8. The zero-order valence-electron chi connectivity index (χ0n) is 15.7. The lowest BCUT2D eigenvalue weighted by Gasteiger charge is -2.36. The van der Waals surface area contributed by atoms with E-state index in [1.807, 2.05) is 24.3 Å². The molecule has 1 heterocycles. The van der Waals surface area contributed by atoms with Gasteiger partial charge in [0.1, 0.15) is 5.75 Å². The number of anilines is 1. The predicted molar refractivity (Wildman–Crippen MR) is 110 cm³/mol. The third-order valence-electron chi connectivity index (χ3n) is 4.83. The Morgan fingerprint density at radius 2 is 1.61 bits per heavy atom. The Hall–Kier alpha value is -2.25. The van der Waals surface area contributed by atoms with Crippen molar-refractivity contribution >= 4 is 33.0 Å². The first-order chi connectivity index (χ1) is 13.4. The molecule has 28 heavy (non-hydrogen) atoms. The highest BCUT2D eigenvalue weighted by Crippen LogP contribution is 2.21. The number of hydrogen-bond donors (Lipinski definition) is 0. The molecule has 0 N–H and O–H groups in total. The Balaban J connectivity index is 1.51. The van der Waals surface area contributed by atoms with Gasteiger partial charge in [0, 0.05) is 43.3 Å². The molecule has 150 valence electrons. The van der Waals surface area contributed by atoms with Gasteiger partial charge in [-0.3, -0.25) is 4.79 Å². The Labute approximate surface area is 170 Å². The lowest BCUT2D eigenvalue weighted by molar-refractivity contribution is -0.131. The van der Waals surface area contributed by atoms with E-state index in [0.29, 0.717) is 31.2 Å². The lowest BCUT2D eigenvalue weighted by Crippen LogP contribution is -2.49. The molecule has 2 aromatic rings. The number of amides is 1. The quantitative estimate of drug-likeness (QED) is 0.716. The fourth-order valence-electron chi connectivity index (χ4n) is 3.15. The summed E-state index contributed by atoms with van der Waals surface area (Å²) in [5, 5.41) is 0.477. The molecule has 1 amide bonds. The molecule has 1 aliphatic rings. The molecule has 0 bridgehead atoms. The summed E-state index contributed by atoms with van der Waals surface area (Å²) in [7, 11) is -1.87. The summed E-state index contributed by atoms with van der Waals surface area (Å²) in [5.74, 6) is 0.470. The molecule has 2 aromatic carbocycles. The van der Waals surface area contributed by atoms with Crippen molar-refractivity contribution in [2.45, 2.75) is 11.3 Å². The summed E-state index contributed by atoms with van der Waals surface area (Å²) in [5.41, 5.74) is 1.08. The summed E-state index contributed by atoms with van der Waals surface area (Å²) >= 11 is 5.80. The highest BCUT2D eigenvalue weighted by Gasteiger charge is 2.23. The van der Waals surface area contributed by atoms with E-state index in [1.165, 1.54) is 24.3 Å². The van der Waals surface area contributed by atoms with Gasteiger partial charge in [0.2, 0.25) is 5.91 Å². The number of nitrogens with zero attached hydrogens (tertiary/aromatic N) is 2. The van der Waals surface area contributed by atoms with Crippen molar-refractivity contribution in [1.29, 1.82) is 0 Å². The molecule has 0 saturated carbocycles. The van der Waals surface area contributed by atoms with Crippen molar-refractivity contribution < 1.29 is 17.9 Å². The molecule has 1 aliphatic heterocycles. The van der Waals surface area contributed by atoms with Crippen LogP contribution < -0.4 is 9.64 Å². The SMILES string of the molecule is COc1ccc(N2CCN(C(=O)CCS(=O)(=O)c3ccc(Cl)cc3)CC2)cc1. The van der Waals surface area contributed by atoms with Crippen LogP contribution in [0.3, 0.4) is 0 Å². The van der Waals surface area contributed by atoms with E-state index in [9.17, 15) is 13.2 Å². The topological polar surface area (TPSA) is 66.9 Å². The van der Waals surface area contributed by atoms with Gasteiger partial charge in [-0.2, -0.15) is 0 Å². The third-order valence-corrected chi connectivity index (χ3v) is 6.81. The standard InChI is InChI=1S/C20H23ClN2O4S/c1-27-18-6-4-17(5-7-18)22-11-13-23(14-12-22)20(24)10-15-28(25,26)19-8-2-16(21)3-9-19/h2-9H,10-15H2,1H3. The van der Waals surface area contributed by atoms with E-state index in [-0.39, 0.29) is 23.0 Å². The zero-order valence-corrected chi connectivity index (χ0v) is 17.2. The summed E-state index contributed by atoms with van der Waals surface area (Å²) in [4.78, 5) is 16.6. The molecular weight excluding hydrogens is 400 g/mol. The smallest absolute Gasteiger partial charge is 0.223 e. The van der Waals surface area contributed by atoms with Crippen molar-refractivity contribution in [1.82, 2.24) is 4.90 Å². The molecular formula is C20H23ClN2O4S. The van der Waals surface area contributed by atoms with Gasteiger partial charge in [-0.1, -0.05) is 11.6 Å². The van der Waals surface area contributed by atoms with Gasteiger partial charge in [0.25, 0.3) is 0 Å². The maximum atomic E-state index is 12.5. The number of sulfone groups is 1. The van der Waals surface area contributed by atoms with Crippen molar-refractivity contribution in [2.75, 3.05) is 43.9 Å². The van der Waals surface area contributed by atoms with Gasteiger partial charge in [-0.15, -0.1) is 0 Å². The first-order valence-electron chi connectivity index (χ1n) is 9.04. The van der Waals surface area contributed by atoms with E-state index in [2.05, 4.69) is 4.90 Å². The number of benzene rings is 2. The van der Waals surface area contributed by atoms with E-state index in [4.69, 9.17) is 16.3 Å². The molecule has 8 heteroatoms. The molecule has 0 atom stereocenters. The van der Waals surface area contributed by atoms with Crippen LogP contribution >= 0.6 is 11.6 Å². The Morgan fingerprint density at radius 1 is 1.00 bits per heavy atom.